The molecule has 4 rings (SSSR count). The molecule has 2 N–H and O–H groups in total. The van der Waals surface area contributed by atoms with Crippen molar-refractivity contribution in [3.05, 3.63) is 76.7 Å². The first-order valence-electron chi connectivity index (χ1n) is 7.09. The van der Waals surface area contributed by atoms with Crippen molar-refractivity contribution in [3.8, 4) is 0 Å². The van der Waals surface area contributed by atoms with E-state index in [0.717, 1.165) is 0 Å². The van der Waals surface area contributed by atoms with Crippen LogP contribution in [0.15, 0.2) is 65.6 Å². The molecule has 0 aliphatic carbocycles. The Labute approximate surface area is 130 Å². The number of aromatic nitrogens is 3. The van der Waals surface area contributed by atoms with Gasteiger partial charge in [0.1, 0.15) is 11.2 Å². The van der Waals surface area contributed by atoms with Gasteiger partial charge in [0.05, 0.1) is 17.1 Å². The van der Waals surface area contributed by atoms with Crippen molar-refractivity contribution in [1.29, 1.82) is 0 Å². The summed E-state index contributed by atoms with van der Waals surface area (Å²) in [5.41, 5.74) is 1.78. The Kier molecular flexibility index (Phi) is 2.94. The van der Waals surface area contributed by atoms with Gasteiger partial charge in [-0.1, -0.05) is 30.3 Å². The second kappa shape index (κ2) is 5.10. The molecule has 0 aliphatic rings. The van der Waals surface area contributed by atoms with E-state index >= 15 is 0 Å². The number of aromatic amines is 1. The minimum absolute atomic E-state index is 0.248. The predicted molar refractivity (Wildman–Crippen MR) is 87.7 cm³/mol. The molecule has 0 fully saturated rings. The van der Waals surface area contributed by atoms with E-state index in [1.54, 1.807) is 34.8 Å². The number of H-pyrrole nitrogens is 1. The number of anilines is 1. The molecule has 6 heteroatoms. The van der Waals surface area contributed by atoms with Gasteiger partial charge in [0.15, 0.2) is 0 Å². The first-order chi connectivity index (χ1) is 11.2. The zero-order valence-electron chi connectivity index (χ0n) is 12.0. The number of para-hydroxylation sites is 2. The number of amides is 1. The largest absolute Gasteiger partial charge is 0.322 e. The third-order valence-electron chi connectivity index (χ3n) is 3.65. The van der Waals surface area contributed by atoms with Gasteiger partial charge in [-0.15, -0.1) is 0 Å². The number of fused-ring (bicyclic) bond motifs is 3. The number of carbonyl (C=O) groups is 1. The lowest BCUT2D eigenvalue weighted by Gasteiger charge is -2.04. The van der Waals surface area contributed by atoms with E-state index in [0.29, 0.717) is 27.8 Å². The molecule has 0 radical (unpaired) electrons. The Morgan fingerprint density at radius 2 is 1.78 bits per heavy atom. The van der Waals surface area contributed by atoms with Crippen LogP contribution in [0.2, 0.25) is 0 Å². The molecule has 2 aromatic heterocycles. The van der Waals surface area contributed by atoms with Crippen molar-refractivity contribution < 1.29 is 4.79 Å². The normalized spacial score (nSPS) is 11.0. The maximum atomic E-state index is 12.5. The number of hydrogen-bond donors (Lipinski definition) is 2. The molecule has 4 aromatic rings. The summed E-state index contributed by atoms with van der Waals surface area (Å²) in [4.78, 5) is 27.4. The minimum Gasteiger partial charge on any atom is -0.322 e. The van der Waals surface area contributed by atoms with Gasteiger partial charge >= 0.3 is 0 Å². The third kappa shape index (κ3) is 2.17. The van der Waals surface area contributed by atoms with E-state index in [-0.39, 0.29) is 11.5 Å². The molecule has 0 saturated carbocycles. The fourth-order valence-corrected chi connectivity index (χ4v) is 2.56. The average molecular weight is 304 g/mol. The lowest BCUT2D eigenvalue weighted by atomic mass is 10.2. The first-order valence-corrected chi connectivity index (χ1v) is 7.09. The topological polar surface area (TPSA) is 79.3 Å². The fraction of sp³-hybridized carbons (Fsp3) is 0. The van der Waals surface area contributed by atoms with Crippen molar-refractivity contribution >= 4 is 28.1 Å². The van der Waals surface area contributed by atoms with Crippen molar-refractivity contribution in [2.45, 2.75) is 0 Å². The van der Waals surface area contributed by atoms with Gasteiger partial charge in [0, 0.05) is 5.69 Å². The molecule has 6 nitrogen and oxygen atoms in total. The van der Waals surface area contributed by atoms with E-state index in [1.807, 2.05) is 24.3 Å². The van der Waals surface area contributed by atoms with Gasteiger partial charge in [0.25, 0.3) is 11.5 Å². The van der Waals surface area contributed by atoms with Crippen LogP contribution in [0.25, 0.3) is 16.6 Å². The molecular weight excluding hydrogens is 292 g/mol. The number of rotatable bonds is 2. The maximum Gasteiger partial charge on any atom is 0.261 e. The van der Waals surface area contributed by atoms with Crippen LogP contribution < -0.4 is 10.9 Å². The minimum atomic E-state index is -0.322. The second-order valence-electron chi connectivity index (χ2n) is 5.11. The standard InChI is InChI=1S/C17H12N4O2/c22-16-12-8-4-5-9-14(12)21-15(20-16)13(10-18-21)17(23)19-11-6-2-1-3-7-11/h1-10H,(H,19,23)(H,20,22). The second-order valence-corrected chi connectivity index (χ2v) is 5.11. The molecule has 0 saturated heterocycles. The summed E-state index contributed by atoms with van der Waals surface area (Å²) in [6, 6.07) is 16.3. The van der Waals surface area contributed by atoms with Crippen LogP contribution in [0.3, 0.4) is 0 Å². The molecule has 0 unspecified atom stereocenters. The summed E-state index contributed by atoms with van der Waals surface area (Å²) < 4.78 is 1.57. The van der Waals surface area contributed by atoms with Crippen LogP contribution in [0.5, 0.6) is 0 Å². The van der Waals surface area contributed by atoms with Crippen molar-refractivity contribution in [1.82, 2.24) is 14.6 Å². The van der Waals surface area contributed by atoms with Gasteiger partial charge in [-0.3, -0.25) is 9.59 Å². The molecule has 1 amide bonds. The third-order valence-corrected chi connectivity index (χ3v) is 3.65. The molecule has 2 heterocycles. The molecular formula is C17H12N4O2. The Morgan fingerprint density at radius 3 is 2.61 bits per heavy atom. The van der Waals surface area contributed by atoms with Crippen molar-refractivity contribution in [3.63, 3.8) is 0 Å². The number of hydrogen-bond acceptors (Lipinski definition) is 3. The Bertz CT molecular complexity index is 1080. The summed E-state index contributed by atoms with van der Waals surface area (Å²) in [6.07, 6.45) is 1.45. The van der Waals surface area contributed by atoms with E-state index in [9.17, 15) is 9.59 Å². The van der Waals surface area contributed by atoms with E-state index in [4.69, 9.17) is 0 Å². The number of nitrogens with one attached hydrogen (secondary N) is 2. The predicted octanol–water partition coefficient (Wildman–Crippen LogP) is 2.43. The molecule has 112 valence electrons. The lowest BCUT2D eigenvalue weighted by molar-refractivity contribution is 0.102. The van der Waals surface area contributed by atoms with Gasteiger partial charge in [0.2, 0.25) is 0 Å². The molecule has 23 heavy (non-hydrogen) atoms. The number of benzene rings is 2. The smallest absolute Gasteiger partial charge is 0.261 e. The van der Waals surface area contributed by atoms with Crippen molar-refractivity contribution in [2.24, 2.45) is 0 Å². The van der Waals surface area contributed by atoms with Crippen LogP contribution in [-0.4, -0.2) is 20.5 Å². The SMILES string of the molecule is O=C(Nc1ccccc1)c1cnn2c1[nH]c(=O)c1ccccc12. The van der Waals surface area contributed by atoms with Gasteiger partial charge in [-0.2, -0.15) is 5.10 Å². The van der Waals surface area contributed by atoms with Crippen LogP contribution >= 0.6 is 0 Å². The lowest BCUT2D eigenvalue weighted by Crippen LogP contribution is -2.15. The number of nitrogens with zero attached hydrogens (tertiary/aromatic N) is 2. The maximum absolute atomic E-state index is 12.5. The van der Waals surface area contributed by atoms with E-state index < -0.39 is 0 Å². The number of carbonyl (C=O) groups excluding carboxylic acids is 1. The first kappa shape index (κ1) is 13.3. The Hall–Kier alpha value is -3.41. The van der Waals surface area contributed by atoms with Crippen LogP contribution in [0, 0.1) is 0 Å². The van der Waals surface area contributed by atoms with E-state index in [1.165, 1.54) is 6.20 Å². The van der Waals surface area contributed by atoms with Crippen molar-refractivity contribution in [2.75, 3.05) is 5.32 Å². The summed E-state index contributed by atoms with van der Waals surface area (Å²) in [7, 11) is 0. The fourth-order valence-electron chi connectivity index (χ4n) is 2.56. The zero-order valence-corrected chi connectivity index (χ0v) is 12.0. The van der Waals surface area contributed by atoms with Crippen LogP contribution in [0.4, 0.5) is 5.69 Å². The van der Waals surface area contributed by atoms with Crippen LogP contribution in [-0.2, 0) is 0 Å². The highest BCUT2D eigenvalue weighted by atomic mass is 16.2. The summed E-state index contributed by atoms with van der Waals surface area (Å²) in [6.45, 7) is 0. The Morgan fingerprint density at radius 1 is 1.04 bits per heavy atom. The molecule has 0 aliphatic heterocycles. The molecule has 0 bridgehead atoms. The van der Waals surface area contributed by atoms with Gasteiger partial charge < -0.3 is 10.3 Å². The average Bonchev–Trinajstić information content (AvgIpc) is 3.00. The van der Waals surface area contributed by atoms with Gasteiger partial charge in [-0.25, -0.2) is 4.52 Å². The highest BCUT2D eigenvalue weighted by Crippen LogP contribution is 2.15. The molecule has 0 atom stereocenters. The monoisotopic (exact) mass is 304 g/mol. The highest BCUT2D eigenvalue weighted by molar-refractivity contribution is 6.08. The summed E-state index contributed by atoms with van der Waals surface area (Å²) >= 11 is 0. The molecule has 0 spiro atoms. The summed E-state index contributed by atoms with van der Waals surface area (Å²) in [5, 5.41) is 7.55. The Balaban J connectivity index is 1.85. The van der Waals surface area contributed by atoms with Gasteiger partial charge in [-0.05, 0) is 24.3 Å². The highest BCUT2D eigenvalue weighted by Gasteiger charge is 2.16. The molecule has 2 aromatic carbocycles. The van der Waals surface area contributed by atoms with E-state index in [2.05, 4.69) is 15.4 Å². The quantitative estimate of drug-likeness (QED) is 0.597. The van der Waals surface area contributed by atoms with Crippen LogP contribution in [0.1, 0.15) is 10.4 Å². The zero-order chi connectivity index (χ0) is 15.8. The summed E-state index contributed by atoms with van der Waals surface area (Å²) in [5.74, 6) is -0.322.